The highest BCUT2D eigenvalue weighted by molar-refractivity contribution is 9.10. The van der Waals surface area contributed by atoms with Crippen LogP contribution in [0.15, 0.2) is 16.9 Å². The Balaban J connectivity index is 2.35. The summed E-state index contributed by atoms with van der Waals surface area (Å²) >= 11 is 3.51. The summed E-state index contributed by atoms with van der Waals surface area (Å²) in [5.41, 5.74) is 2.62. The van der Waals surface area contributed by atoms with Gasteiger partial charge < -0.3 is 0 Å². The Hall–Kier alpha value is -1.76. The number of aryl methyl sites for hydroxylation is 2. The molecule has 0 saturated heterocycles. The van der Waals surface area contributed by atoms with Crippen LogP contribution in [0.3, 0.4) is 0 Å². The van der Waals surface area contributed by atoms with Crippen LogP contribution in [0, 0.1) is 20.8 Å². The van der Waals surface area contributed by atoms with E-state index in [1.54, 1.807) is 10.9 Å². The Kier molecular flexibility index (Phi) is 2.44. The van der Waals surface area contributed by atoms with Gasteiger partial charge in [-0.25, -0.2) is 9.67 Å². The second-order valence-electron chi connectivity index (χ2n) is 4.09. The first-order valence-electron chi connectivity index (χ1n) is 5.48. The molecule has 3 rings (SSSR count). The highest BCUT2D eigenvalue weighted by Gasteiger charge is 2.15. The molecular formula is C11H11BrN6. The van der Waals surface area contributed by atoms with Crippen LogP contribution in [0.1, 0.15) is 17.2 Å². The topological polar surface area (TPSA) is 60.9 Å². The Bertz CT molecular complexity index is 741. The number of rotatable bonds is 1. The summed E-state index contributed by atoms with van der Waals surface area (Å²) in [6, 6.07) is 0. The van der Waals surface area contributed by atoms with Crippen molar-refractivity contribution in [2.24, 2.45) is 0 Å². The molecule has 0 saturated carbocycles. The molecule has 0 atom stereocenters. The molecule has 0 spiro atoms. The molecule has 3 aromatic heterocycles. The minimum Gasteiger partial charge on any atom is -0.282 e. The third-order valence-electron chi connectivity index (χ3n) is 2.88. The third-order valence-corrected chi connectivity index (χ3v) is 4.03. The Morgan fingerprint density at radius 2 is 1.94 bits per heavy atom. The van der Waals surface area contributed by atoms with Crippen molar-refractivity contribution in [3.05, 3.63) is 34.1 Å². The second kappa shape index (κ2) is 3.88. The first-order chi connectivity index (χ1) is 8.59. The molecule has 0 unspecified atom stereocenters. The van der Waals surface area contributed by atoms with Gasteiger partial charge in [0, 0.05) is 12.4 Å². The van der Waals surface area contributed by atoms with Crippen LogP contribution >= 0.6 is 15.9 Å². The molecule has 0 fully saturated rings. The van der Waals surface area contributed by atoms with Crippen molar-refractivity contribution in [2.75, 3.05) is 0 Å². The van der Waals surface area contributed by atoms with Crippen molar-refractivity contribution in [2.45, 2.75) is 20.8 Å². The molecule has 7 heteroatoms. The molecule has 18 heavy (non-hydrogen) atoms. The van der Waals surface area contributed by atoms with Gasteiger partial charge in [-0.05, 0) is 36.7 Å². The second-order valence-corrected chi connectivity index (χ2v) is 4.88. The predicted molar refractivity (Wildman–Crippen MR) is 69.8 cm³/mol. The van der Waals surface area contributed by atoms with Crippen LogP contribution in [0.25, 0.3) is 11.5 Å². The number of fused-ring (bicyclic) bond motifs is 1. The van der Waals surface area contributed by atoms with Crippen molar-refractivity contribution in [1.82, 2.24) is 29.4 Å². The van der Waals surface area contributed by atoms with E-state index < -0.39 is 0 Å². The molecule has 3 aromatic rings. The molecule has 3 heterocycles. The lowest BCUT2D eigenvalue weighted by molar-refractivity contribution is 0.801. The molecule has 0 aliphatic rings. The standard InChI is InChI=1S/C11H11BrN6/c1-6-9(12)7(2)18(16-6)10-11-15-14-8(3)17(11)5-4-13-10/h4-5H,1-3H3. The lowest BCUT2D eigenvalue weighted by Gasteiger charge is -2.04. The van der Waals surface area contributed by atoms with Crippen molar-refractivity contribution < 1.29 is 0 Å². The molecular weight excluding hydrogens is 296 g/mol. The molecule has 0 amide bonds. The van der Waals surface area contributed by atoms with E-state index in [1.165, 1.54) is 0 Å². The van der Waals surface area contributed by atoms with Crippen LogP contribution in [-0.2, 0) is 0 Å². The zero-order chi connectivity index (χ0) is 12.9. The van der Waals surface area contributed by atoms with E-state index in [4.69, 9.17) is 0 Å². The zero-order valence-electron chi connectivity index (χ0n) is 10.2. The zero-order valence-corrected chi connectivity index (χ0v) is 11.8. The van der Waals surface area contributed by atoms with Crippen LogP contribution in [0.2, 0.25) is 0 Å². The van der Waals surface area contributed by atoms with E-state index in [0.29, 0.717) is 11.5 Å². The lowest BCUT2D eigenvalue weighted by atomic mass is 10.4. The molecule has 92 valence electrons. The van der Waals surface area contributed by atoms with E-state index in [-0.39, 0.29) is 0 Å². The quantitative estimate of drug-likeness (QED) is 0.690. The van der Waals surface area contributed by atoms with E-state index in [1.807, 2.05) is 31.4 Å². The molecule has 0 radical (unpaired) electrons. The van der Waals surface area contributed by atoms with Crippen LogP contribution < -0.4 is 0 Å². The van der Waals surface area contributed by atoms with Crippen molar-refractivity contribution in [3.8, 4) is 5.82 Å². The molecule has 0 aliphatic heterocycles. The average molecular weight is 307 g/mol. The van der Waals surface area contributed by atoms with E-state index in [2.05, 4.69) is 36.2 Å². The van der Waals surface area contributed by atoms with Gasteiger partial charge in [-0.15, -0.1) is 10.2 Å². The minimum absolute atomic E-state index is 0.685. The van der Waals surface area contributed by atoms with E-state index in [0.717, 1.165) is 21.7 Å². The first kappa shape index (κ1) is 11.3. The normalized spacial score (nSPS) is 11.3. The number of nitrogens with zero attached hydrogens (tertiary/aromatic N) is 6. The molecule has 0 N–H and O–H groups in total. The summed E-state index contributed by atoms with van der Waals surface area (Å²) in [6.07, 6.45) is 3.57. The van der Waals surface area contributed by atoms with Crippen molar-refractivity contribution in [1.29, 1.82) is 0 Å². The molecule has 6 nitrogen and oxygen atoms in total. The summed E-state index contributed by atoms with van der Waals surface area (Å²) in [5, 5.41) is 12.7. The maximum absolute atomic E-state index is 4.47. The van der Waals surface area contributed by atoms with Gasteiger partial charge >= 0.3 is 0 Å². The minimum atomic E-state index is 0.685. The van der Waals surface area contributed by atoms with E-state index >= 15 is 0 Å². The fourth-order valence-electron chi connectivity index (χ4n) is 1.91. The predicted octanol–water partition coefficient (Wildman–Crippen LogP) is 2.00. The number of hydrogen-bond donors (Lipinski definition) is 0. The highest BCUT2D eigenvalue weighted by atomic mass is 79.9. The smallest absolute Gasteiger partial charge is 0.206 e. The summed E-state index contributed by atoms with van der Waals surface area (Å²) in [4.78, 5) is 4.36. The van der Waals surface area contributed by atoms with Crippen molar-refractivity contribution >= 4 is 21.6 Å². The Morgan fingerprint density at radius 3 is 2.61 bits per heavy atom. The maximum atomic E-state index is 4.47. The number of halogens is 1. The van der Waals surface area contributed by atoms with Crippen LogP contribution in [-0.4, -0.2) is 29.4 Å². The number of hydrogen-bond acceptors (Lipinski definition) is 4. The average Bonchev–Trinajstić information content (AvgIpc) is 2.86. The summed E-state index contributed by atoms with van der Waals surface area (Å²) in [7, 11) is 0. The van der Waals surface area contributed by atoms with Gasteiger partial charge in [-0.2, -0.15) is 5.10 Å². The lowest BCUT2D eigenvalue weighted by Crippen LogP contribution is -2.05. The largest absolute Gasteiger partial charge is 0.282 e. The SMILES string of the molecule is Cc1nn(-c2nccn3c(C)nnc23)c(C)c1Br. The van der Waals surface area contributed by atoms with Gasteiger partial charge in [0.2, 0.25) is 5.65 Å². The molecule has 0 aromatic carbocycles. The van der Waals surface area contributed by atoms with Gasteiger partial charge in [-0.3, -0.25) is 4.40 Å². The van der Waals surface area contributed by atoms with Crippen LogP contribution in [0.4, 0.5) is 0 Å². The Morgan fingerprint density at radius 1 is 1.17 bits per heavy atom. The van der Waals surface area contributed by atoms with Gasteiger partial charge in [0.05, 0.1) is 15.9 Å². The summed E-state index contributed by atoms with van der Waals surface area (Å²) < 4.78 is 4.66. The number of aromatic nitrogens is 6. The van der Waals surface area contributed by atoms with Gasteiger partial charge in [-0.1, -0.05) is 0 Å². The van der Waals surface area contributed by atoms with Gasteiger partial charge in [0.15, 0.2) is 5.82 Å². The molecule has 0 aliphatic carbocycles. The summed E-state index contributed by atoms with van der Waals surface area (Å²) in [6.45, 7) is 5.84. The first-order valence-corrected chi connectivity index (χ1v) is 6.27. The van der Waals surface area contributed by atoms with Crippen LogP contribution in [0.5, 0.6) is 0 Å². The monoisotopic (exact) mass is 306 g/mol. The fraction of sp³-hybridized carbons (Fsp3) is 0.273. The maximum Gasteiger partial charge on any atom is 0.206 e. The van der Waals surface area contributed by atoms with E-state index in [9.17, 15) is 0 Å². The molecule has 0 bridgehead atoms. The highest BCUT2D eigenvalue weighted by Crippen LogP contribution is 2.23. The van der Waals surface area contributed by atoms with Crippen molar-refractivity contribution in [3.63, 3.8) is 0 Å². The fourth-order valence-corrected chi connectivity index (χ4v) is 2.16. The Labute approximate surface area is 112 Å². The van der Waals surface area contributed by atoms with Gasteiger partial charge in [0.25, 0.3) is 0 Å². The third kappa shape index (κ3) is 1.47. The van der Waals surface area contributed by atoms with Gasteiger partial charge in [0.1, 0.15) is 5.82 Å². The summed E-state index contributed by atoms with van der Waals surface area (Å²) in [5.74, 6) is 1.51.